The Bertz CT molecular complexity index is 968. The van der Waals surface area contributed by atoms with Crippen LogP contribution in [-0.2, 0) is 33.7 Å². The van der Waals surface area contributed by atoms with Gasteiger partial charge in [-0.1, -0.05) is 18.6 Å². The van der Waals surface area contributed by atoms with Gasteiger partial charge >= 0.3 is 12.1 Å². The topological polar surface area (TPSA) is 73.7 Å². The number of amides is 1. The van der Waals surface area contributed by atoms with Crippen LogP contribution in [0.2, 0.25) is 0 Å². The molecule has 0 unspecified atom stereocenters. The molecule has 1 aromatic heterocycles. The van der Waals surface area contributed by atoms with Crippen LogP contribution in [0.4, 0.5) is 4.79 Å². The number of benzene rings is 1. The summed E-state index contributed by atoms with van der Waals surface area (Å²) in [6.07, 6.45) is 4.21. The van der Waals surface area contributed by atoms with Gasteiger partial charge in [-0.15, -0.1) is 0 Å². The van der Waals surface area contributed by atoms with Crippen molar-refractivity contribution in [2.75, 3.05) is 13.7 Å². The van der Waals surface area contributed by atoms with Crippen molar-refractivity contribution in [3.05, 3.63) is 46.8 Å². The fourth-order valence-electron chi connectivity index (χ4n) is 4.16. The van der Waals surface area contributed by atoms with E-state index in [1.54, 1.807) is 4.90 Å². The summed E-state index contributed by atoms with van der Waals surface area (Å²) in [6.45, 7) is 6.49. The van der Waals surface area contributed by atoms with E-state index in [-0.39, 0.29) is 18.5 Å². The van der Waals surface area contributed by atoms with Gasteiger partial charge in [0.15, 0.2) is 0 Å². The molecule has 31 heavy (non-hydrogen) atoms. The van der Waals surface area contributed by atoms with Crippen LogP contribution in [0.5, 0.6) is 0 Å². The maximum absolute atomic E-state index is 12.6. The molecule has 166 valence electrons. The molecule has 0 radical (unpaired) electrons. The lowest BCUT2D eigenvalue weighted by Crippen LogP contribution is -2.40. The number of rotatable bonds is 4. The van der Waals surface area contributed by atoms with Crippen LogP contribution in [-0.4, -0.2) is 46.0 Å². The van der Waals surface area contributed by atoms with E-state index in [1.807, 2.05) is 25.5 Å². The number of hydrogen-bond donors (Lipinski definition) is 0. The molecule has 0 saturated heterocycles. The second-order valence-corrected chi connectivity index (χ2v) is 9.41. The van der Waals surface area contributed by atoms with E-state index < -0.39 is 5.60 Å². The van der Waals surface area contributed by atoms with Gasteiger partial charge in [0.1, 0.15) is 5.60 Å². The van der Waals surface area contributed by atoms with Crippen LogP contribution in [0.3, 0.4) is 0 Å². The highest BCUT2D eigenvalue weighted by Crippen LogP contribution is 2.36. The minimum absolute atomic E-state index is 0.0775. The molecule has 0 atom stereocenters. The number of nitrogens with zero attached hydrogens (tertiary/aromatic N) is 3. The van der Waals surface area contributed by atoms with E-state index in [0.717, 1.165) is 16.9 Å². The van der Waals surface area contributed by atoms with Gasteiger partial charge in [-0.25, -0.2) is 9.48 Å². The maximum Gasteiger partial charge on any atom is 0.410 e. The molecule has 2 heterocycles. The van der Waals surface area contributed by atoms with E-state index in [1.165, 1.54) is 31.9 Å². The lowest BCUT2D eigenvalue weighted by Gasteiger charge is -2.30. The molecule has 1 fully saturated rings. The third-order valence-corrected chi connectivity index (χ3v) is 6.05. The predicted octanol–water partition coefficient (Wildman–Crippen LogP) is 4.15. The molecule has 0 N–H and O–H groups in total. The molecule has 1 aromatic carbocycles. The first-order chi connectivity index (χ1) is 14.7. The van der Waals surface area contributed by atoms with Gasteiger partial charge in [-0.2, -0.15) is 5.10 Å². The van der Waals surface area contributed by atoms with E-state index in [9.17, 15) is 9.59 Å². The van der Waals surface area contributed by atoms with Crippen LogP contribution < -0.4 is 0 Å². The summed E-state index contributed by atoms with van der Waals surface area (Å²) in [7, 11) is 1.37. The summed E-state index contributed by atoms with van der Waals surface area (Å²) in [5.41, 5.74) is 4.39. The second kappa shape index (κ2) is 8.36. The zero-order valence-electron chi connectivity index (χ0n) is 18.8. The Morgan fingerprint density at radius 1 is 1.16 bits per heavy atom. The van der Waals surface area contributed by atoms with Gasteiger partial charge < -0.3 is 14.4 Å². The zero-order chi connectivity index (χ0) is 22.2. The van der Waals surface area contributed by atoms with Crippen LogP contribution in [0.15, 0.2) is 24.3 Å². The largest absolute Gasteiger partial charge is 0.469 e. The van der Waals surface area contributed by atoms with Crippen LogP contribution in [0.1, 0.15) is 68.5 Å². The monoisotopic (exact) mass is 425 g/mol. The summed E-state index contributed by atoms with van der Waals surface area (Å²) in [6, 6.07) is 8.57. The average Bonchev–Trinajstić information content (AvgIpc) is 3.03. The lowest BCUT2D eigenvalue weighted by atomic mass is 9.80. The second-order valence-electron chi connectivity index (χ2n) is 9.41. The summed E-state index contributed by atoms with van der Waals surface area (Å²) in [5, 5.41) is 4.76. The Balaban J connectivity index is 1.63. The third kappa shape index (κ3) is 4.60. The molecule has 0 spiro atoms. The fourth-order valence-corrected chi connectivity index (χ4v) is 4.16. The number of ether oxygens (including phenoxy) is 2. The van der Waals surface area contributed by atoms with Crippen LogP contribution in [0, 0.1) is 0 Å². The van der Waals surface area contributed by atoms with Crippen molar-refractivity contribution in [1.29, 1.82) is 0 Å². The minimum atomic E-state index is -0.557. The molecular formula is C24H31N3O4. The van der Waals surface area contributed by atoms with E-state index >= 15 is 0 Å². The predicted molar refractivity (Wildman–Crippen MR) is 116 cm³/mol. The van der Waals surface area contributed by atoms with E-state index in [0.29, 0.717) is 31.1 Å². The highest BCUT2D eigenvalue weighted by atomic mass is 16.6. The van der Waals surface area contributed by atoms with Gasteiger partial charge in [0, 0.05) is 18.5 Å². The number of methoxy groups -OCH3 is 1. The fraction of sp³-hybridized carbons (Fsp3) is 0.542. The first-order valence-corrected chi connectivity index (χ1v) is 11.0. The Labute approximate surface area is 183 Å². The van der Waals surface area contributed by atoms with Crippen molar-refractivity contribution in [2.24, 2.45) is 0 Å². The third-order valence-electron chi connectivity index (χ3n) is 6.05. The highest BCUT2D eigenvalue weighted by Gasteiger charge is 2.31. The first kappa shape index (κ1) is 21.4. The van der Waals surface area contributed by atoms with Crippen molar-refractivity contribution in [3.8, 4) is 5.69 Å². The van der Waals surface area contributed by atoms with Gasteiger partial charge in [-0.3, -0.25) is 4.79 Å². The molecule has 1 aliphatic carbocycles. The molecule has 4 rings (SSSR count). The Kier molecular flexibility index (Phi) is 5.77. The highest BCUT2D eigenvalue weighted by molar-refractivity contribution is 5.73. The van der Waals surface area contributed by atoms with E-state index in [2.05, 4.69) is 24.3 Å². The normalized spacial score (nSPS) is 16.5. The molecule has 2 aliphatic rings. The molecule has 0 bridgehead atoms. The van der Waals surface area contributed by atoms with Crippen molar-refractivity contribution in [3.63, 3.8) is 0 Å². The molecule has 7 nitrogen and oxygen atoms in total. The van der Waals surface area contributed by atoms with Gasteiger partial charge in [0.05, 0.1) is 37.2 Å². The Morgan fingerprint density at radius 2 is 1.87 bits per heavy atom. The summed E-state index contributed by atoms with van der Waals surface area (Å²) < 4.78 is 12.3. The van der Waals surface area contributed by atoms with Gasteiger partial charge in [0.25, 0.3) is 0 Å². The summed E-state index contributed by atoms with van der Waals surface area (Å²) in [4.78, 5) is 26.3. The Morgan fingerprint density at radius 3 is 2.45 bits per heavy atom. The number of hydrogen-bond acceptors (Lipinski definition) is 5. The molecule has 1 saturated carbocycles. The lowest BCUT2D eigenvalue weighted by molar-refractivity contribution is -0.139. The SMILES string of the molecule is COC(=O)Cc1nn(-c2ccc(C3CCC3)cc2)c2c1CN(C(=O)OC(C)(C)C)CC2. The van der Waals surface area contributed by atoms with E-state index in [4.69, 9.17) is 14.6 Å². The minimum Gasteiger partial charge on any atom is -0.469 e. The Hall–Kier alpha value is -2.83. The number of carbonyl (C=O) groups is 2. The van der Waals surface area contributed by atoms with Crippen LogP contribution in [0.25, 0.3) is 5.69 Å². The summed E-state index contributed by atoms with van der Waals surface area (Å²) >= 11 is 0. The van der Waals surface area contributed by atoms with Crippen molar-refractivity contribution < 1.29 is 19.1 Å². The quantitative estimate of drug-likeness (QED) is 0.688. The maximum atomic E-state index is 12.6. The smallest absolute Gasteiger partial charge is 0.410 e. The number of aromatic nitrogens is 2. The average molecular weight is 426 g/mol. The molecule has 2 aromatic rings. The number of esters is 1. The molecule has 1 amide bonds. The van der Waals surface area contributed by atoms with Crippen molar-refractivity contribution >= 4 is 12.1 Å². The number of fused-ring (bicyclic) bond motifs is 1. The van der Waals surface area contributed by atoms with Crippen molar-refractivity contribution in [2.45, 2.75) is 70.9 Å². The molecule has 1 aliphatic heterocycles. The van der Waals surface area contributed by atoms with Gasteiger partial charge in [0.2, 0.25) is 0 Å². The molecular weight excluding hydrogens is 394 g/mol. The first-order valence-electron chi connectivity index (χ1n) is 11.0. The van der Waals surface area contributed by atoms with Crippen molar-refractivity contribution in [1.82, 2.24) is 14.7 Å². The van der Waals surface area contributed by atoms with Gasteiger partial charge in [-0.05, 0) is 57.2 Å². The number of carbonyl (C=O) groups excluding carboxylic acids is 2. The van der Waals surface area contributed by atoms with Crippen LogP contribution >= 0.6 is 0 Å². The zero-order valence-corrected chi connectivity index (χ0v) is 18.8. The standard InChI is InChI=1S/C24H31N3O4/c1-24(2,3)31-23(29)26-13-12-21-19(15-26)20(14-22(28)30-4)25-27(21)18-10-8-17(9-11-18)16-6-5-7-16/h8-11,16H,5-7,12-15H2,1-4H3. The summed E-state index contributed by atoms with van der Waals surface area (Å²) in [5.74, 6) is 0.333. The molecule has 7 heteroatoms.